The van der Waals surface area contributed by atoms with Gasteiger partial charge in [-0.2, -0.15) is 0 Å². The van der Waals surface area contributed by atoms with E-state index in [1.54, 1.807) is 7.11 Å². The summed E-state index contributed by atoms with van der Waals surface area (Å²) in [4.78, 5) is 11.5. The Morgan fingerprint density at radius 2 is 1.77 bits per heavy atom. The number of hydrogen-bond acceptors (Lipinski definition) is 3. The maximum absolute atomic E-state index is 11.5. The van der Waals surface area contributed by atoms with Crippen LogP contribution in [0.1, 0.15) is 31.4 Å². The Morgan fingerprint density at radius 3 is 2.32 bits per heavy atom. The van der Waals surface area contributed by atoms with E-state index in [0.29, 0.717) is 0 Å². The van der Waals surface area contributed by atoms with Crippen LogP contribution in [0.3, 0.4) is 0 Å². The molecule has 2 atom stereocenters. The highest BCUT2D eigenvalue weighted by Crippen LogP contribution is 2.29. The standard InChI is InChI=1S/C19H23NO2/c1-3-7-16(14-21)19(15-8-5-4-6-9-15)20-17-10-12-18(22-2)13-11-17/h4-6,8-14,16,19-20H,3,7H2,1-2H3/t16-,19-/m1/s1. The van der Waals surface area contributed by atoms with Crippen LogP contribution in [-0.2, 0) is 4.79 Å². The number of aldehydes is 1. The van der Waals surface area contributed by atoms with Gasteiger partial charge in [0, 0.05) is 11.6 Å². The predicted octanol–water partition coefficient (Wildman–Crippen LogP) is 4.46. The first-order chi connectivity index (χ1) is 10.8. The van der Waals surface area contributed by atoms with E-state index in [1.165, 1.54) is 0 Å². The van der Waals surface area contributed by atoms with Crippen LogP contribution in [0.25, 0.3) is 0 Å². The van der Waals surface area contributed by atoms with Gasteiger partial charge >= 0.3 is 0 Å². The molecule has 0 saturated carbocycles. The number of benzene rings is 2. The first-order valence-corrected chi connectivity index (χ1v) is 7.69. The zero-order valence-corrected chi connectivity index (χ0v) is 13.2. The van der Waals surface area contributed by atoms with Gasteiger partial charge in [-0.25, -0.2) is 0 Å². The SMILES string of the molecule is CCC[C@H](C=O)[C@H](Nc1ccc(OC)cc1)c1ccccc1. The molecule has 0 unspecified atom stereocenters. The molecule has 0 fully saturated rings. The molecule has 0 heterocycles. The lowest BCUT2D eigenvalue weighted by Gasteiger charge is -2.25. The number of carbonyl (C=O) groups is 1. The van der Waals surface area contributed by atoms with E-state index >= 15 is 0 Å². The Morgan fingerprint density at radius 1 is 1.09 bits per heavy atom. The minimum absolute atomic E-state index is 0.0213. The van der Waals surface area contributed by atoms with Gasteiger partial charge in [0.05, 0.1) is 13.2 Å². The fraction of sp³-hybridized carbons (Fsp3) is 0.316. The molecule has 2 aromatic rings. The zero-order chi connectivity index (χ0) is 15.8. The summed E-state index contributed by atoms with van der Waals surface area (Å²) in [7, 11) is 1.65. The maximum atomic E-state index is 11.5. The van der Waals surface area contributed by atoms with Gasteiger partial charge in [-0.1, -0.05) is 43.7 Å². The highest BCUT2D eigenvalue weighted by atomic mass is 16.5. The number of rotatable bonds is 8. The van der Waals surface area contributed by atoms with Crippen molar-refractivity contribution >= 4 is 12.0 Å². The Kier molecular flexibility index (Phi) is 6.01. The van der Waals surface area contributed by atoms with Crippen molar-refractivity contribution in [2.45, 2.75) is 25.8 Å². The smallest absolute Gasteiger partial charge is 0.125 e. The highest BCUT2D eigenvalue weighted by Gasteiger charge is 2.22. The lowest BCUT2D eigenvalue weighted by molar-refractivity contribution is -0.111. The van der Waals surface area contributed by atoms with Crippen LogP contribution in [0.4, 0.5) is 5.69 Å². The second kappa shape index (κ2) is 8.23. The number of ether oxygens (including phenoxy) is 1. The van der Waals surface area contributed by atoms with Crippen LogP contribution in [0, 0.1) is 5.92 Å². The van der Waals surface area contributed by atoms with E-state index < -0.39 is 0 Å². The lowest BCUT2D eigenvalue weighted by Crippen LogP contribution is -2.22. The van der Waals surface area contributed by atoms with Gasteiger partial charge in [-0.3, -0.25) is 0 Å². The van der Waals surface area contributed by atoms with Crippen molar-refractivity contribution in [1.29, 1.82) is 0 Å². The summed E-state index contributed by atoms with van der Waals surface area (Å²) in [6.07, 6.45) is 2.92. The molecule has 0 amide bonds. The van der Waals surface area contributed by atoms with Crippen LogP contribution in [0.2, 0.25) is 0 Å². The fourth-order valence-electron chi connectivity index (χ4n) is 2.61. The van der Waals surface area contributed by atoms with Crippen molar-refractivity contribution in [2.75, 3.05) is 12.4 Å². The number of carbonyl (C=O) groups excluding carboxylic acids is 1. The first kappa shape index (κ1) is 16.1. The molecular formula is C19H23NO2. The van der Waals surface area contributed by atoms with Gasteiger partial charge < -0.3 is 14.8 Å². The number of hydrogen-bond donors (Lipinski definition) is 1. The van der Waals surface area contributed by atoms with Crippen molar-refractivity contribution in [3.05, 3.63) is 60.2 Å². The topological polar surface area (TPSA) is 38.3 Å². The third-order valence-corrected chi connectivity index (χ3v) is 3.80. The van der Waals surface area contributed by atoms with Gasteiger partial charge in [-0.05, 0) is 36.2 Å². The molecule has 2 aromatic carbocycles. The predicted molar refractivity (Wildman–Crippen MR) is 90.3 cm³/mol. The maximum Gasteiger partial charge on any atom is 0.125 e. The Bertz CT molecular complexity index is 566. The van der Waals surface area contributed by atoms with Crippen LogP contribution < -0.4 is 10.1 Å². The van der Waals surface area contributed by atoms with E-state index in [4.69, 9.17) is 4.74 Å². The molecule has 0 spiro atoms. The van der Waals surface area contributed by atoms with Crippen molar-refractivity contribution in [1.82, 2.24) is 0 Å². The second-order valence-electron chi connectivity index (χ2n) is 5.35. The molecule has 1 N–H and O–H groups in total. The average molecular weight is 297 g/mol. The van der Waals surface area contributed by atoms with Crippen molar-refractivity contribution in [3.63, 3.8) is 0 Å². The largest absolute Gasteiger partial charge is 0.497 e. The summed E-state index contributed by atoms with van der Waals surface area (Å²) in [6, 6.07) is 17.9. The Balaban J connectivity index is 2.25. The van der Waals surface area contributed by atoms with Crippen LogP contribution in [-0.4, -0.2) is 13.4 Å². The summed E-state index contributed by atoms with van der Waals surface area (Å²) >= 11 is 0. The van der Waals surface area contributed by atoms with E-state index in [9.17, 15) is 4.79 Å². The third kappa shape index (κ3) is 4.10. The van der Waals surface area contributed by atoms with Crippen LogP contribution in [0.15, 0.2) is 54.6 Å². The molecule has 0 aliphatic rings. The van der Waals surface area contributed by atoms with Crippen LogP contribution >= 0.6 is 0 Å². The van der Waals surface area contributed by atoms with Gasteiger partial charge in [0.2, 0.25) is 0 Å². The molecule has 0 aliphatic carbocycles. The molecule has 0 aliphatic heterocycles. The summed E-state index contributed by atoms with van der Waals surface area (Å²) in [5.41, 5.74) is 2.11. The minimum Gasteiger partial charge on any atom is -0.497 e. The Hall–Kier alpha value is -2.29. The van der Waals surface area contributed by atoms with E-state index in [1.807, 2.05) is 42.5 Å². The average Bonchev–Trinajstić information content (AvgIpc) is 2.59. The molecule has 3 heteroatoms. The van der Waals surface area contributed by atoms with Gasteiger partial charge in [0.1, 0.15) is 12.0 Å². The summed E-state index contributed by atoms with van der Waals surface area (Å²) in [5, 5.41) is 3.50. The molecule has 0 aromatic heterocycles. The van der Waals surface area contributed by atoms with Crippen molar-refractivity contribution < 1.29 is 9.53 Å². The first-order valence-electron chi connectivity index (χ1n) is 7.69. The monoisotopic (exact) mass is 297 g/mol. The van der Waals surface area contributed by atoms with Gasteiger partial charge in [0.15, 0.2) is 0 Å². The van der Waals surface area contributed by atoms with E-state index in [0.717, 1.165) is 36.1 Å². The molecule has 0 saturated heterocycles. The third-order valence-electron chi connectivity index (χ3n) is 3.80. The van der Waals surface area contributed by atoms with Crippen LogP contribution in [0.5, 0.6) is 5.75 Å². The number of methoxy groups -OCH3 is 1. The molecule has 0 bridgehead atoms. The van der Waals surface area contributed by atoms with Crippen molar-refractivity contribution in [3.8, 4) is 5.75 Å². The lowest BCUT2D eigenvalue weighted by atomic mass is 9.90. The quantitative estimate of drug-likeness (QED) is 0.731. The minimum atomic E-state index is -0.0468. The molecular weight excluding hydrogens is 274 g/mol. The summed E-state index contributed by atoms with van der Waals surface area (Å²) in [5.74, 6) is 0.775. The molecule has 3 nitrogen and oxygen atoms in total. The highest BCUT2D eigenvalue weighted by molar-refractivity contribution is 5.59. The van der Waals surface area contributed by atoms with Gasteiger partial charge in [0.25, 0.3) is 0 Å². The zero-order valence-electron chi connectivity index (χ0n) is 13.2. The summed E-state index contributed by atoms with van der Waals surface area (Å²) in [6.45, 7) is 2.10. The van der Waals surface area contributed by atoms with Crippen molar-refractivity contribution in [2.24, 2.45) is 5.92 Å². The normalized spacial score (nSPS) is 13.2. The number of nitrogens with one attached hydrogen (secondary N) is 1. The molecule has 0 radical (unpaired) electrons. The fourth-order valence-corrected chi connectivity index (χ4v) is 2.61. The second-order valence-corrected chi connectivity index (χ2v) is 5.35. The molecule has 116 valence electrons. The van der Waals surface area contributed by atoms with E-state index in [2.05, 4.69) is 24.4 Å². The Labute approximate surface area is 132 Å². The van der Waals surface area contributed by atoms with Gasteiger partial charge in [-0.15, -0.1) is 0 Å². The molecule has 2 rings (SSSR count). The summed E-state index contributed by atoms with van der Waals surface area (Å²) < 4.78 is 5.18. The van der Waals surface area contributed by atoms with E-state index in [-0.39, 0.29) is 12.0 Å². The number of anilines is 1. The molecule has 22 heavy (non-hydrogen) atoms.